The lowest BCUT2D eigenvalue weighted by atomic mass is 9.78. The maximum atomic E-state index is 6.18. The summed E-state index contributed by atoms with van der Waals surface area (Å²) in [5.74, 6) is 9.60. The highest BCUT2D eigenvalue weighted by atomic mass is 16.5. The maximum absolute atomic E-state index is 6.18. The van der Waals surface area contributed by atoms with Crippen molar-refractivity contribution in [2.75, 3.05) is 6.61 Å². The van der Waals surface area contributed by atoms with Gasteiger partial charge in [-0.05, 0) is 62.2 Å². The number of hydrogen-bond acceptors (Lipinski definition) is 3. The van der Waals surface area contributed by atoms with Gasteiger partial charge in [0, 0.05) is 12.6 Å². The van der Waals surface area contributed by atoms with Crippen LogP contribution in [-0.4, -0.2) is 18.2 Å². The van der Waals surface area contributed by atoms with Crippen molar-refractivity contribution in [2.24, 2.45) is 29.5 Å². The molecule has 1 heterocycles. The minimum Gasteiger partial charge on any atom is -0.375 e. The average molecular weight is 264 g/mol. The fourth-order valence-electron chi connectivity index (χ4n) is 5.71. The molecule has 0 aromatic rings. The molecule has 4 fully saturated rings. The quantitative estimate of drug-likeness (QED) is 0.608. The zero-order chi connectivity index (χ0) is 12.9. The van der Waals surface area contributed by atoms with E-state index in [0.717, 1.165) is 30.3 Å². The summed E-state index contributed by atoms with van der Waals surface area (Å²) in [5.41, 5.74) is 3.45. The second-order valence-electron chi connectivity index (χ2n) is 7.52. The Kier molecular flexibility index (Phi) is 3.13. The molecule has 4 atom stereocenters. The molecule has 3 heteroatoms. The highest BCUT2D eigenvalue weighted by molar-refractivity contribution is 5.08. The molecular formula is C16H28N2O. The Hall–Kier alpha value is -0.120. The van der Waals surface area contributed by atoms with Crippen molar-refractivity contribution >= 4 is 0 Å². The van der Waals surface area contributed by atoms with Crippen LogP contribution in [0.15, 0.2) is 0 Å². The number of hydrazine groups is 1. The number of hydrogen-bond donors (Lipinski definition) is 2. The first kappa shape index (κ1) is 12.6. The van der Waals surface area contributed by atoms with Gasteiger partial charge in [0.25, 0.3) is 0 Å². The van der Waals surface area contributed by atoms with Gasteiger partial charge in [-0.3, -0.25) is 11.3 Å². The highest BCUT2D eigenvalue weighted by Gasteiger charge is 2.58. The van der Waals surface area contributed by atoms with Crippen molar-refractivity contribution in [2.45, 2.75) is 69.4 Å². The fourth-order valence-corrected chi connectivity index (χ4v) is 5.71. The summed E-state index contributed by atoms with van der Waals surface area (Å²) in [6, 6.07) is 0.566. The third-order valence-electron chi connectivity index (χ3n) is 6.63. The molecule has 0 radical (unpaired) electrons. The van der Waals surface area contributed by atoms with Crippen LogP contribution in [0.3, 0.4) is 0 Å². The number of ether oxygens (including phenoxy) is 1. The summed E-state index contributed by atoms with van der Waals surface area (Å²) >= 11 is 0. The van der Waals surface area contributed by atoms with Crippen LogP contribution in [0, 0.1) is 23.7 Å². The van der Waals surface area contributed by atoms with Crippen LogP contribution in [0.4, 0.5) is 0 Å². The molecule has 4 rings (SSSR count). The van der Waals surface area contributed by atoms with E-state index in [-0.39, 0.29) is 5.60 Å². The molecule has 0 amide bonds. The zero-order valence-corrected chi connectivity index (χ0v) is 11.9. The van der Waals surface area contributed by atoms with Crippen molar-refractivity contribution in [1.82, 2.24) is 5.43 Å². The van der Waals surface area contributed by atoms with E-state index in [2.05, 4.69) is 5.43 Å². The summed E-state index contributed by atoms with van der Waals surface area (Å²) in [6.07, 6.45) is 12.2. The van der Waals surface area contributed by atoms with Gasteiger partial charge >= 0.3 is 0 Å². The Morgan fingerprint density at radius 3 is 2.47 bits per heavy atom. The number of fused-ring (bicyclic) bond motifs is 1. The third-order valence-corrected chi connectivity index (χ3v) is 6.63. The molecule has 4 aliphatic rings. The van der Waals surface area contributed by atoms with Gasteiger partial charge in [-0.15, -0.1) is 0 Å². The average Bonchev–Trinajstić information content (AvgIpc) is 2.84. The lowest BCUT2D eigenvalue weighted by Gasteiger charge is -2.41. The van der Waals surface area contributed by atoms with Gasteiger partial charge in [-0.2, -0.15) is 0 Å². The highest BCUT2D eigenvalue weighted by Crippen LogP contribution is 2.60. The molecule has 4 unspecified atom stereocenters. The van der Waals surface area contributed by atoms with Gasteiger partial charge < -0.3 is 4.74 Å². The summed E-state index contributed by atoms with van der Waals surface area (Å²) < 4.78 is 6.18. The first-order valence-corrected chi connectivity index (χ1v) is 8.43. The van der Waals surface area contributed by atoms with Crippen LogP contribution in [0.25, 0.3) is 0 Å². The van der Waals surface area contributed by atoms with E-state index >= 15 is 0 Å². The van der Waals surface area contributed by atoms with E-state index in [1.165, 1.54) is 57.8 Å². The Morgan fingerprint density at radius 2 is 1.79 bits per heavy atom. The van der Waals surface area contributed by atoms with Crippen LogP contribution in [0.5, 0.6) is 0 Å². The van der Waals surface area contributed by atoms with E-state index in [1.807, 2.05) is 0 Å². The Morgan fingerprint density at radius 1 is 1.05 bits per heavy atom. The van der Waals surface area contributed by atoms with Crippen LogP contribution in [0.2, 0.25) is 0 Å². The van der Waals surface area contributed by atoms with E-state index in [9.17, 15) is 0 Å². The molecular weight excluding hydrogens is 236 g/mol. The van der Waals surface area contributed by atoms with Crippen molar-refractivity contribution in [3.63, 3.8) is 0 Å². The zero-order valence-electron chi connectivity index (χ0n) is 11.9. The summed E-state index contributed by atoms with van der Waals surface area (Å²) in [6.45, 7) is 0.963. The fraction of sp³-hybridized carbons (Fsp3) is 1.00. The lowest BCUT2D eigenvalue weighted by Crippen LogP contribution is -2.49. The maximum Gasteiger partial charge on any atom is 0.0685 e. The van der Waals surface area contributed by atoms with E-state index in [4.69, 9.17) is 10.6 Å². The van der Waals surface area contributed by atoms with Gasteiger partial charge in [-0.25, -0.2) is 0 Å². The molecule has 1 saturated heterocycles. The van der Waals surface area contributed by atoms with Gasteiger partial charge in [0.15, 0.2) is 0 Å². The van der Waals surface area contributed by atoms with Crippen molar-refractivity contribution in [3.05, 3.63) is 0 Å². The first-order chi connectivity index (χ1) is 9.33. The first-order valence-electron chi connectivity index (χ1n) is 8.43. The summed E-state index contributed by atoms with van der Waals surface area (Å²) in [7, 11) is 0. The molecule has 3 N–H and O–H groups in total. The molecule has 0 aromatic carbocycles. The van der Waals surface area contributed by atoms with E-state index < -0.39 is 0 Å². The number of nitrogens with two attached hydrogens (primary N) is 1. The molecule has 1 spiro atoms. The van der Waals surface area contributed by atoms with E-state index in [0.29, 0.717) is 6.04 Å². The molecule has 19 heavy (non-hydrogen) atoms. The topological polar surface area (TPSA) is 47.3 Å². The Bertz CT molecular complexity index is 330. The smallest absolute Gasteiger partial charge is 0.0685 e. The third kappa shape index (κ3) is 2.05. The molecule has 0 aromatic heterocycles. The molecule has 3 aliphatic carbocycles. The van der Waals surface area contributed by atoms with Crippen molar-refractivity contribution in [1.29, 1.82) is 0 Å². The minimum atomic E-state index is 0.238. The Labute approximate surface area is 116 Å². The SMILES string of the molecule is NNC(C1CCOC2(CCCC2)C1)C1C2CCCC21. The minimum absolute atomic E-state index is 0.238. The molecule has 108 valence electrons. The predicted molar refractivity (Wildman–Crippen MR) is 75.3 cm³/mol. The summed E-state index contributed by atoms with van der Waals surface area (Å²) in [5, 5.41) is 0. The van der Waals surface area contributed by atoms with Crippen molar-refractivity contribution < 1.29 is 4.74 Å². The lowest BCUT2D eigenvalue weighted by molar-refractivity contribution is -0.0996. The van der Waals surface area contributed by atoms with Crippen molar-refractivity contribution in [3.8, 4) is 0 Å². The normalized spacial score (nSPS) is 45.3. The molecule has 3 saturated carbocycles. The van der Waals surface area contributed by atoms with Gasteiger partial charge in [0.05, 0.1) is 5.60 Å². The van der Waals surface area contributed by atoms with Crippen LogP contribution in [-0.2, 0) is 4.74 Å². The van der Waals surface area contributed by atoms with Crippen LogP contribution in [0.1, 0.15) is 57.8 Å². The predicted octanol–water partition coefficient (Wildman–Crippen LogP) is 2.60. The van der Waals surface area contributed by atoms with Crippen LogP contribution < -0.4 is 11.3 Å². The second kappa shape index (κ2) is 4.71. The standard InChI is InChI=1S/C16H28N2O/c17-18-15(14-12-4-3-5-13(12)14)11-6-9-19-16(10-11)7-1-2-8-16/h11-15,18H,1-10,17H2. The monoisotopic (exact) mass is 264 g/mol. The molecule has 3 nitrogen and oxygen atoms in total. The van der Waals surface area contributed by atoms with Crippen LogP contribution >= 0.6 is 0 Å². The second-order valence-corrected chi connectivity index (χ2v) is 7.52. The van der Waals surface area contributed by atoms with Gasteiger partial charge in [0.1, 0.15) is 0 Å². The molecule has 1 aliphatic heterocycles. The van der Waals surface area contributed by atoms with E-state index in [1.54, 1.807) is 0 Å². The summed E-state index contributed by atoms with van der Waals surface area (Å²) in [4.78, 5) is 0. The molecule has 0 bridgehead atoms. The largest absolute Gasteiger partial charge is 0.375 e. The number of nitrogens with one attached hydrogen (secondary N) is 1. The van der Waals surface area contributed by atoms with Gasteiger partial charge in [-0.1, -0.05) is 19.3 Å². The van der Waals surface area contributed by atoms with Gasteiger partial charge in [0.2, 0.25) is 0 Å². The number of rotatable bonds is 3. The Balaban J connectivity index is 1.45.